The molecule has 2 N–H and O–H groups in total. The van der Waals surface area contributed by atoms with Gasteiger partial charge in [0.1, 0.15) is 0 Å². The first kappa shape index (κ1) is 16.1. The number of nitrogens with zero attached hydrogens (tertiary/aromatic N) is 2. The van der Waals surface area contributed by atoms with E-state index in [0.717, 1.165) is 26.2 Å². The number of hydrogen-bond acceptors (Lipinski definition) is 4. The quantitative estimate of drug-likeness (QED) is 0.791. The maximum atomic E-state index is 12.1. The van der Waals surface area contributed by atoms with Gasteiger partial charge in [-0.1, -0.05) is 19.9 Å². The van der Waals surface area contributed by atoms with Gasteiger partial charge in [0, 0.05) is 18.0 Å². The zero-order valence-electron chi connectivity index (χ0n) is 12.1. The Hall–Kier alpha value is -0.910. The van der Waals surface area contributed by atoms with Crippen LogP contribution in [0, 0.1) is 0 Å². The molecule has 5 heteroatoms. The van der Waals surface area contributed by atoms with Gasteiger partial charge < -0.3 is 15.5 Å². The second-order valence-electron chi connectivity index (χ2n) is 4.65. The van der Waals surface area contributed by atoms with Gasteiger partial charge in [-0.2, -0.15) is 0 Å². The van der Waals surface area contributed by atoms with E-state index in [4.69, 9.17) is 5.73 Å². The van der Waals surface area contributed by atoms with Crippen molar-refractivity contribution in [1.29, 1.82) is 0 Å². The largest absolute Gasteiger partial charge is 0.335 e. The standard InChI is InChI=1S/C14H25N3OS/c1-4-16(5-2)8-9-17(14(18)12(3)15)11-13-7-6-10-19-13/h6-7,10,12H,4-5,8-9,11,15H2,1-3H3/t12-/m1/s1. The van der Waals surface area contributed by atoms with Crippen molar-refractivity contribution < 1.29 is 4.79 Å². The summed E-state index contributed by atoms with van der Waals surface area (Å²) in [6.07, 6.45) is 0. The summed E-state index contributed by atoms with van der Waals surface area (Å²) in [4.78, 5) is 17.5. The number of rotatable bonds is 8. The second-order valence-corrected chi connectivity index (χ2v) is 5.69. The number of amides is 1. The smallest absolute Gasteiger partial charge is 0.239 e. The minimum absolute atomic E-state index is 0.0283. The highest BCUT2D eigenvalue weighted by atomic mass is 32.1. The molecule has 0 unspecified atom stereocenters. The molecular formula is C14H25N3OS. The fourth-order valence-electron chi connectivity index (χ4n) is 1.95. The van der Waals surface area contributed by atoms with Crippen molar-refractivity contribution >= 4 is 17.2 Å². The third-order valence-electron chi connectivity index (χ3n) is 3.21. The summed E-state index contributed by atoms with van der Waals surface area (Å²) in [5, 5.41) is 2.04. The molecule has 1 atom stereocenters. The second kappa shape index (κ2) is 8.30. The summed E-state index contributed by atoms with van der Waals surface area (Å²) < 4.78 is 0. The molecule has 0 radical (unpaired) electrons. The van der Waals surface area contributed by atoms with Gasteiger partial charge in [0.2, 0.25) is 5.91 Å². The summed E-state index contributed by atoms with van der Waals surface area (Å²) in [6, 6.07) is 3.64. The van der Waals surface area contributed by atoms with E-state index in [2.05, 4.69) is 24.8 Å². The summed E-state index contributed by atoms with van der Waals surface area (Å²) in [5.74, 6) is 0.0283. The molecule has 1 heterocycles. The molecule has 19 heavy (non-hydrogen) atoms. The van der Waals surface area contributed by atoms with Gasteiger partial charge in [0.15, 0.2) is 0 Å². The Morgan fingerprint density at radius 2 is 2.05 bits per heavy atom. The van der Waals surface area contributed by atoms with E-state index in [0.29, 0.717) is 6.54 Å². The van der Waals surface area contributed by atoms with Crippen LogP contribution in [0.5, 0.6) is 0 Å². The predicted molar refractivity (Wildman–Crippen MR) is 81.2 cm³/mol. The maximum absolute atomic E-state index is 12.1. The van der Waals surface area contributed by atoms with Crippen LogP contribution in [-0.2, 0) is 11.3 Å². The fourth-order valence-corrected chi connectivity index (χ4v) is 2.67. The predicted octanol–water partition coefficient (Wildman–Crippen LogP) is 1.77. The molecule has 1 rings (SSSR count). The van der Waals surface area contributed by atoms with Crippen LogP contribution in [0.25, 0.3) is 0 Å². The molecule has 0 spiro atoms. The average molecular weight is 283 g/mol. The lowest BCUT2D eigenvalue weighted by atomic mass is 10.3. The number of hydrogen-bond donors (Lipinski definition) is 1. The Balaban J connectivity index is 2.61. The molecule has 0 aliphatic carbocycles. The van der Waals surface area contributed by atoms with E-state index < -0.39 is 6.04 Å². The van der Waals surface area contributed by atoms with Crippen molar-refractivity contribution in [3.63, 3.8) is 0 Å². The van der Waals surface area contributed by atoms with Gasteiger partial charge >= 0.3 is 0 Å². The van der Waals surface area contributed by atoms with Gasteiger partial charge in [-0.3, -0.25) is 4.79 Å². The molecule has 0 aliphatic rings. The molecule has 108 valence electrons. The number of likely N-dealkylation sites (N-methyl/N-ethyl adjacent to an activating group) is 1. The molecule has 0 fully saturated rings. The van der Waals surface area contributed by atoms with Crippen LogP contribution in [0.3, 0.4) is 0 Å². The monoisotopic (exact) mass is 283 g/mol. The summed E-state index contributed by atoms with van der Waals surface area (Å²) in [7, 11) is 0. The van der Waals surface area contributed by atoms with Gasteiger partial charge in [0.05, 0.1) is 12.6 Å². The average Bonchev–Trinajstić information content (AvgIpc) is 2.90. The van der Waals surface area contributed by atoms with Crippen LogP contribution in [0.2, 0.25) is 0 Å². The molecule has 0 aliphatic heterocycles. The summed E-state index contributed by atoms with van der Waals surface area (Å²) in [5.41, 5.74) is 5.74. The minimum Gasteiger partial charge on any atom is -0.335 e. The highest BCUT2D eigenvalue weighted by Gasteiger charge is 2.18. The van der Waals surface area contributed by atoms with Gasteiger partial charge in [-0.05, 0) is 31.5 Å². The number of carbonyl (C=O) groups is 1. The molecule has 0 bridgehead atoms. The SMILES string of the molecule is CCN(CC)CCN(Cc1cccs1)C(=O)[C@@H](C)N. The third-order valence-corrected chi connectivity index (χ3v) is 4.07. The minimum atomic E-state index is -0.434. The van der Waals surface area contributed by atoms with Crippen molar-refractivity contribution in [2.75, 3.05) is 26.2 Å². The first-order chi connectivity index (χ1) is 9.08. The van der Waals surface area contributed by atoms with E-state index in [1.807, 2.05) is 16.3 Å². The topological polar surface area (TPSA) is 49.6 Å². The highest BCUT2D eigenvalue weighted by Crippen LogP contribution is 2.12. The van der Waals surface area contributed by atoms with Crippen LogP contribution >= 0.6 is 11.3 Å². The van der Waals surface area contributed by atoms with Gasteiger partial charge in [-0.15, -0.1) is 11.3 Å². The van der Waals surface area contributed by atoms with Gasteiger partial charge in [0.25, 0.3) is 0 Å². The molecule has 0 saturated heterocycles. The van der Waals surface area contributed by atoms with Crippen molar-refractivity contribution in [2.24, 2.45) is 5.73 Å². The van der Waals surface area contributed by atoms with Crippen molar-refractivity contribution in [1.82, 2.24) is 9.80 Å². The molecule has 0 aromatic carbocycles. The summed E-state index contributed by atoms with van der Waals surface area (Å²) in [6.45, 7) is 10.4. The Bertz CT molecular complexity index is 361. The molecule has 1 aromatic heterocycles. The lowest BCUT2D eigenvalue weighted by Gasteiger charge is -2.27. The van der Waals surface area contributed by atoms with Crippen LogP contribution < -0.4 is 5.73 Å². The zero-order valence-corrected chi connectivity index (χ0v) is 12.9. The Kier molecular flexibility index (Phi) is 7.05. The Labute approximate surface area is 120 Å². The molecular weight excluding hydrogens is 258 g/mol. The molecule has 4 nitrogen and oxygen atoms in total. The first-order valence-electron chi connectivity index (χ1n) is 6.87. The normalized spacial score (nSPS) is 12.7. The molecule has 1 aromatic rings. The van der Waals surface area contributed by atoms with E-state index in [1.54, 1.807) is 18.3 Å². The van der Waals surface area contributed by atoms with Crippen molar-refractivity contribution in [2.45, 2.75) is 33.4 Å². The van der Waals surface area contributed by atoms with E-state index in [-0.39, 0.29) is 5.91 Å². The lowest BCUT2D eigenvalue weighted by molar-refractivity contribution is -0.133. The van der Waals surface area contributed by atoms with Crippen LogP contribution in [0.15, 0.2) is 17.5 Å². The first-order valence-corrected chi connectivity index (χ1v) is 7.75. The molecule has 0 saturated carbocycles. The summed E-state index contributed by atoms with van der Waals surface area (Å²) >= 11 is 1.68. The Morgan fingerprint density at radius 1 is 1.37 bits per heavy atom. The zero-order chi connectivity index (χ0) is 14.3. The lowest BCUT2D eigenvalue weighted by Crippen LogP contribution is -2.44. The van der Waals surface area contributed by atoms with Crippen LogP contribution in [0.1, 0.15) is 25.6 Å². The Morgan fingerprint density at radius 3 is 2.53 bits per heavy atom. The van der Waals surface area contributed by atoms with Crippen molar-refractivity contribution in [3.8, 4) is 0 Å². The van der Waals surface area contributed by atoms with Crippen molar-refractivity contribution in [3.05, 3.63) is 22.4 Å². The fraction of sp³-hybridized carbons (Fsp3) is 0.643. The number of thiophene rings is 1. The number of carbonyl (C=O) groups excluding carboxylic acids is 1. The highest BCUT2D eigenvalue weighted by molar-refractivity contribution is 7.09. The van der Waals surface area contributed by atoms with Crippen LogP contribution in [0.4, 0.5) is 0 Å². The van der Waals surface area contributed by atoms with Crippen LogP contribution in [-0.4, -0.2) is 47.9 Å². The maximum Gasteiger partial charge on any atom is 0.239 e. The van der Waals surface area contributed by atoms with Gasteiger partial charge in [-0.25, -0.2) is 0 Å². The number of nitrogens with two attached hydrogens (primary N) is 1. The van der Waals surface area contributed by atoms with E-state index in [9.17, 15) is 4.79 Å². The molecule has 1 amide bonds. The third kappa shape index (κ3) is 5.30. The van der Waals surface area contributed by atoms with E-state index in [1.165, 1.54) is 4.88 Å². The van der Waals surface area contributed by atoms with E-state index >= 15 is 0 Å².